The largest absolute Gasteiger partial charge is 0.491 e. The van der Waals surface area contributed by atoms with Gasteiger partial charge >= 0.3 is 0 Å². The van der Waals surface area contributed by atoms with E-state index in [0.717, 1.165) is 43.3 Å². The quantitative estimate of drug-likeness (QED) is 0.424. The molecule has 38 heavy (non-hydrogen) atoms. The van der Waals surface area contributed by atoms with Gasteiger partial charge in [-0.3, -0.25) is 0 Å². The van der Waals surface area contributed by atoms with Crippen molar-refractivity contribution in [3.63, 3.8) is 0 Å². The number of piperazine rings is 1. The number of hydrogen-bond donors (Lipinski definition) is 2. The first-order valence-electron chi connectivity index (χ1n) is 13.3. The van der Waals surface area contributed by atoms with E-state index >= 15 is 0 Å². The van der Waals surface area contributed by atoms with Crippen molar-refractivity contribution in [2.24, 2.45) is 0 Å². The normalized spacial score (nSPS) is 18.4. The lowest BCUT2D eigenvalue weighted by atomic mass is 10.1. The van der Waals surface area contributed by atoms with Crippen LogP contribution in [0.25, 0.3) is 11.4 Å². The van der Waals surface area contributed by atoms with E-state index in [2.05, 4.69) is 22.2 Å². The summed E-state index contributed by atoms with van der Waals surface area (Å²) in [4.78, 5) is 14.2. The van der Waals surface area contributed by atoms with Gasteiger partial charge in [-0.1, -0.05) is 12.1 Å². The molecule has 12 heteroatoms. The summed E-state index contributed by atoms with van der Waals surface area (Å²) in [6.45, 7) is 5.73. The maximum Gasteiger partial charge on any atom is 0.213 e. The number of nitrogens with zero attached hydrogens (tertiary/aromatic N) is 5. The fourth-order valence-electron chi connectivity index (χ4n) is 4.74. The van der Waals surface area contributed by atoms with Crippen molar-refractivity contribution in [1.29, 1.82) is 0 Å². The number of aliphatic hydroxyl groups excluding tert-OH is 1. The van der Waals surface area contributed by atoms with Gasteiger partial charge in [0.1, 0.15) is 30.1 Å². The number of anilines is 2. The van der Waals surface area contributed by atoms with Gasteiger partial charge in [0.25, 0.3) is 0 Å². The molecule has 0 radical (unpaired) electrons. The summed E-state index contributed by atoms with van der Waals surface area (Å²) in [5, 5.41) is 12.9. The predicted molar refractivity (Wildman–Crippen MR) is 148 cm³/mol. The number of rotatable bonds is 11. The molecule has 1 unspecified atom stereocenters. The number of aromatic nitrogens is 2. The highest BCUT2D eigenvalue weighted by Gasteiger charge is 2.28. The summed E-state index contributed by atoms with van der Waals surface area (Å²) in [6.07, 6.45) is 1.24. The van der Waals surface area contributed by atoms with Crippen molar-refractivity contribution < 1.29 is 23.0 Å². The monoisotopic (exact) mass is 548 g/mol. The Morgan fingerprint density at radius 1 is 1.18 bits per heavy atom. The summed E-state index contributed by atoms with van der Waals surface area (Å²) in [5.74, 6) is 2.89. The maximum atomic E-state index is 12.4. The lowest BCUT2D eigenvalue weighted by molar-refractivity contribution is 0.0853. The highest BCUT2D eigenvalue weighted by Crippen LogP contribution is 2.29. The average molecular weight is 549 g/mol. The second kappa shape index (κ2) is 13.0. The second-order valence-corrected chi connectivity index (χ2v) is 12.0. The molecule has 4 rings (SSSR count). The molecular formula is C26H40N6O5S. The smallest absolute Gasteiger partial charge is 0.213 e. The van der Waals surface area contributed by atoms with Gasteiger partial charge in [0.2, 0.25) is 10.0 Å². The Morgan fingerprint density at radius 3 is 2.61 bits per heavy atom. The Labute approximate surface area is 225 Å². The highest BCUT2D eigenvalue weighted by molar-refractivity contribution is 7.89. The van der Waals surface area contributed by atoms with Crippen molar-refractivity contribution in [3.05, 3.63) is 30.3 Å². The van der Waals surface area contributed by atoms with Crippen LogP contribution >= 0.6 is 0 Å². The SMILES string of the molecule is CCS(=O)(=O)N1CCN(c2cc(N(C)C3CCOCC3)nc(-c3cccc(OCC(O)CNC)c3)n2)CC1. The van der Waals surface area contributed by atoms with Crippen molar-refractivity contribution in [3.8, 4) is 17.1 Å². The average Bonchev–Trinajstić information content (AvgIpc) is 2.96. The first-order valence-corrected chi connectivity index (χ1v) is 14.9. The van der Waals surface area contributed by atoms with Crippen LogP contribution in [-0.2, 0) is 14.8 Å². The molecular weight excluding hydrogens is 508 g/mol. The Kier molecular flexibility index (Phi) is 9.77. The first-order chi connectivity index (χ1) is 18.3. The molecule has 11 nitrogen and oxygen atoms in total. The van der Waals surface area contributed by atoms with Gasteiger partial charge in [0.15, 0.2) is 5.82 Å². The molecule has 3 heterocycles. The summed E-state index contributed by atoms with van der Waals surface area (Å²) in [6, 6.07) is 9.88. The predicted octanol–water partition coefficient (Wildman–Crippen LogP) is 1.19. The molecule has 2 aliphatic heterocycles. The van der Waals surface area contributed by atoms with Crippen LogP contribution in [0.15, 0.2) is 30.3 Å². The molecule has 2 N–H and O–H groups in total. The van der Waals surface area contributed by atoms with Gasteiger partial charge in [-0.15, -0.1) is 0 Å². The third-order valence-electron chi connectivity index (χ3n) is 7.09. The minimum atomic E-state index is -3.22. The number of aliphatic hydroxyl groups is 1. The van der Waals surface area contributed by atoms with E-state index in [-0.39, 0.29) is 12.4 Å². The molecule has 2 fully saturated rings. The van der Waals surface area contributed by atoms with Gasteiger partial charge in [0, 0.05) is 70.7 Å². The van der Waals surface area contributed by atoms with Crippen molar-refractivity contribution >= 4 is 21.7 Å². The molecule has 0 saturated carbocycles. The van der Waals surface area contributed by atoms with E-state index in [4.69, 9.17) is 19.4 Å². The number of sulfonamides is 1. The minimum absolute atomic E-state index is 0.106. The van der Waals surface area contributed by atoms with E-state index in [1.165, 1.54) is 0 Å². The standard InChI is InChI=1S/C26H40N6O5S/c1-4-38(34,35)32-12-10-31(11-13-32)25-17-24(30(3)21-8-14-36-15-9-21)28-26(29-25)20-6-5-7-23(16-20)37-19-22(33)18-27-2/h5-7,16-17,21-22,27,33H,4,8-15,18-19H2,1-3H3. The van der Waals surface area contributed by atoms with Gasteiger partial charge in [-0.25, -0.2) is 18.4 Å². The van der Waals surface area contributed by atoms with Crippen LogP contribution in [0.3, 0.4) is 0 Å². The van der Waals surface area contributed by atoms with Gasteiger partial charge < -0.3 is 29.7 Å². The van der Waals surface area contributed by atoms with Gasteiger partial charge in [-0.2, -0.15) is 4.31 Å². The number of hydrogen-bond acceptors (Lipinski definition) is 10. The molecule has 2 saturated heterocycles. The first kappa shape index (κ1) is 28.5. The van der Waals surface area contributed by atoms with E-state index in [1.54, 1.807) is 18.3 Å². The molecule has 1 atom stereocenters. The van der Waals surface area contributed by atoms with Crippen LogP contribution in [-0.4, -0.2) is 112 Å². The van der Waals surface area contributed by atoms with Crippen LogP contribution in [0.1, 0.15) is 19.8 Å². The molecule has 2 aliphatic rings. The van der Waals surface area contributed by atoms with Crippen LogP contribution < -0.4 is 19.9 Å². The van der Waals surface area contributed by atoms with Gasteiger partial charge in [-0.05, 0) is 38.9 Å². The molecule has 210 valence electrons. The zero-order valence-electron chi connectivity index (χ0n) is 22.5. The van der Waals surface area contributed by atoms with Crippen LogP contribution in [0.5, 0.6) is 5.75 Å². The number of benzene rings is 1. The van der Waals surface area contributed by atoms with E-state index in [0.29, 0.717) is 50.3 Å². The zero-order valence-corrected chi connectivity index (χ0v) is 23.4. The minimum Gasteiger partial charge on any atom is -0.491 e. The molecule has 1 aromatic heterocycles. The third kappa shape index (κ3) is 7.11. The summed E-state index contributed by atoms with van der Waals surface area (Å²) in [7, 11) is 0.623. The summed E-state index contributed by atoms with van der Waals surface area (Å²) < 4.78 is 37.6. The van der Waals surface area contributed by atoms with Gasteiger partial charge in [0.05, 0.1) is 5.75 Å². The number of nitrogens with one attached hydrogen (secondary N) is 1. The molecule has 0 aliphatic carbocycles. The van der Waals surface area contributed by atoms with Crippen molar-refractivity contribution in [2.45, 2.75) is 31.9 Å². The highest BCUT2D eigenvalue weighted by atomic mass is 32.2. The Morgan fingerprint density at radius 2 is 1.92 bits per heavy atom. The fraction of sp³-hybridized carbons (Fsp3) is 0.615. The molecule has 0 spiro atoms. The molecule has 0 amide bonds. The Hall–Kier alpha value is -2.51. The van der Waals surface area contributed by atoms with Crippen LogP contribution in [0.2, 0.25) is 0 Å². The number of ether oxygens (including phenoxy) is 2. The fourth-order valence-corrected chi connectivity index (χ4v) is 5.83. The molecule has 2 aromatic rings. The maximum absolute atomic E-state index is 12.4. The Bertz CT molecular complexity index is 1150. The van der Waals surface area contributed by atoms with Crippen molar-refractivity contribution in [1.82, 2.24) is 19.6 Å². The van der Waals surface area contributed by atoms with Crippen molar-refractivity contribution in [2.75, 3.05) is 82.2 Å². The summed E-state index contributed by atoms with van der Waals surface area (Å²) >= 11 is 0. The summed E-state index contributed by atoms with van der Waals surface area (Å²) in [5.41, 5.74) is 0.807. The molecule has 0 bridgehead atoms. The second-order valence-electron chi connectivity index (χ2n) is 9.70. The van der Waals surface area contributed by atoms with Crippen LogP contribution in [0.4, 0.5) is 11.6 Å². The van der Waals surface area contributed by atoms with E-state index in [9.17, 15) is 13.5 Å². The molecule has 1 aromatic carbocycles. The zero-order chi connectivity index (χ0) is 27.1. The Balaban J connectivity index is 1.61. The third-order valence-corrected chi connectivity index (χ3v) is 8.98. The van der Waals surface area contributed by atoms with Crippen LogP contribution in [0, 0.1) is 0 Å². The number of likely N-dealkylation sites (N-methyl/N-ethyl adjacent to an activating group) is 1. The topological polar surface area (TPSA) is 120 Å². The lowest BCUT2D eigenvalue weighted by Gasteiger charge is -2.36. The van der Waals surface area contributed by atoms with E-state index in [1.807, 2.05) is 30.3 Å². The van der Waals surface area contributed by atoms with E-state index < -0.39 is 16.1 Å². The lowest BCUT2D eigenvalue weighted by Crippen LogP contribution is -2.49.